The largest absolute Gasteiger partial charge is 0.465 e. The van der Waals surface area contributed by atoms with Gasteiger partial charge in [-0.05, 0) is 73.9 Å². The lowest BCUT2D eigenvalue weighted by atomic mass is 10.0. The Hall–Kier alpha value is -0.960. The molecule has 0 aliphatic carbocycles. The Morgan fingerprint density at radius 1 is 1.32 bits per heavy atom. The monoisotopic (exact) mass is 432 g/mol. The number of benzene rings is 1. The molecule has 1 heterocycles. The van der Waals surface area contributed by atoms with Gasteiger partial charge in [-0.1, -0.05) is 0 Å². The van der Waals surface area contributed by atoms with E-state index in [9.17, 15) is 13.2 Å². The van der Waals surface area contributed by atoms with Crippen molar-refractivity contribution < 1.29 is 17.9 Å². The van der Waals surface area contributed by atoms with Crippen LogP contribution in [0.1, 0.15) is 37.0 Å². The summed E-state index contributed by atoms with van der Waals surface area (Å²) in [4.78, 5) is 14.3. The summed E-state index contributed by atoms with van der Waals surface area (Å²) in [6.07, 6.45) is 1.60. The zero-order chi connectivity index (χ0) is 18.8. The van der Waals surface area contributed by atoms with Gasteiger partial charge in [-0.2, -0.15) is 4.31 Å². The number of hydrogen-bond donors (Lipinski definition) is 0. The molecule has 140 valence electrons. The van der Waals surface area contributed by atoms with E-state index in [2.05, 4.69) is 34.7 Å². The lowest BCUT2D eigenvalue weighted by molar-refractivity contribution is 0.0599. The number of likely N-dealkylation sites (tertiary alicyclic amines) is 1. The molecule has 0 spiro atoms. The van der Waals surface area contributed by atoms with Crippen LogP contribution in [0.4, 0.5) is 0 Å². The number of carbonyl (C=O) groups excluding carboxylic acids is 1. The lowest BCUT2D eigenvalue weighted by Crippen LogP contribution is -2.47. The van der Waals surface area contributed by atoms with Gasteiger partial charge in [-0.25, -0.2) is 13.2 Å². The predicted octanol–water partition coefficient (Wildman–Crippen LogP) is 2.73. The Bertz CT molecular complexity index is 728. The molecule has 1 aliphatic rings. The number of rotatable bonds is 5. The van der Waals surface area contributed by atoms with E-state index in [1.54, 1.807) is 13.1 Å². The Balaban J connectivity index is 2.22. The molecule has 0 N–H and O–H groups in total. The van der Waals surface area contributed by atoms with Crippen molar-refractivity contribution in [3.8, 4) is 0 Å². The van der Waals surface area contributed by atoms with Crippen molar-refractivity contribution in [2.75, 3.05) is 27.2 Å². The fraction of sp³-hybridized carbons (Fsp3) is 0.588. The van der Waals surface area contributed by atoms with Crippen LogP contribution in [-0.2, 0) is 14.8 Å². The van der Waals surface area contributed by atoms with Crippen molar-refractivity contribution in [3.63, 3.8) is 0 Å². The van der Waals surface area contributed by atoms with Crippen LogP contribution in [0.3, 0.4) is 0 Å². The van der Waals surface area contributed by atoms with Gasteiger partial charge in [0.05, 0.1) is 17.6 Å². The normalized spacial score (nSPS) is 17.2. The summed E-state index contributed by atoms with van der Waals surface area (Å²) in [5, 5.41) is 0. The molecule has 0 saturated carbocycles. The average Bonchev–Trinajstić information content (AvgIpc) is 2.60. The maximum Gasteiger partial charge on any atom is 0.339 e. The van der Waals surface area contributed by atoms with E-state index < -0.39 is 16.0 Å². The summed E-state index contributed by atoms with van der Waals surface area (Å²) in [6.45, 7) is 6.07. The van der Waals surface area contributed by atoms with Crippen LogP contribution in [0.15, 0.2) is 27.6 Å². The van der Waals surface area contributed by atoms with E-state index in [0.29, 0.717) is 10.5 Å². The molecular weight excluding hydrogens is 408 g/mol. The summed E-state index contributed by atoms with van der Waals surface area (Å²) in [5.41, 5.74) is 0.201. The van der Waals surface area contributed by atoms with Gasteiger partial charge < -0.3 is 9.64 Å². The molecule has 1 aliphatic heterocycles. The third-order valence-corrected chi connectivity index (χ3v) is 7.36. The standard InChI is InChI=1S/C17H25BrN2O4S/c1-12(2)20-9-7-13(8-10-20)19(3)25(22,23)14-5-6-16(18)15(11-14)17(21)24-4/h5-6,11-13H,7-10H2,1-4H3. The Labute approximate surface area is 158 Å². The topological polar surface area (TPSA) is 66.9 Å². The zero-order valence-electron chi connectivity index (χ0n) is 15.0. The summed E-state index contributed by atoms with van der Waals surface area (Å²) in [5.74, 6) is -0.572. The van der Waals surface area contributed by atoms with Gasteiger partial charge in [0.15, 0.2) is 0 Å². The van der Waals surface area contributed by atoms with Crippen LogP contribution in [0.5, 0.6) is 0 Å². The molecule has 25 heavy (non-hydrogen) atoms. The van der Waals surface area contributed by atoms with Gasteiger partial charge in [0.2, 0.25) is 10.0 Å². The van der Waals surface area contributed by atoms with Crippen LogP contribution >= 0.6 is 15.9 Å². The lowest BCUT2D eigenvalue weighted by Gasteiger charge is -2.38. The third-order valence-electron chi connectivity index (χ3n) is 4.76. The first-order valence-corrected chi connectivity index (χ1v) is 10.5. The van der Waals surface area contributed by atoms with Crippen molar-refractivity contribution >= 4 is 31.9 Å². The number of methoxy groups -OCH3 is 1. The second-order valence-electron chi connectivity index (χ2n) is 6.52. The molecule has 1 saturated heterocycles. The van der Waals surface area contributed by atoms with Gasteiger partial charge >= 0.3 is 5.97 Å². The zero-order valence-corrected chi connectivity index (χ0v) is 17.4. The number of esters is 1. The molecular formula is C17H25BrN2O4S. The number of sulfonamides is 1. The molecule has 8 heteroatoms. The van der Waals surface area contributed by atoms with Crippen molar-refractivity contribution in [2.24, 2.45) is 0 Å². The highest BCUT2D eigenvalue weighted by Gasteiger charge is 2.32. The van der Waals surface area contributed by atoms with Gasteiger partial charge in [0.25, 0.3) is 0 Å². The first-order chi connectivity index (χ1) is 11.7. The highest BCUT2D eigenvalue weighted by atomic mass is 79.9. The average molecular weight is 433 g/mol. The summed E-state index contributed by atoms with van der Waals surface area (Å²) in [6, 6.07) is 4.87. The minimum Gasteiger partial charge on any atom is -0.465 e. The Morgan fingerprint density at radius 2 is 1.92 bits per heavy atom. The summed E-state index contributed by atoms with van der Waals surface area (Å²) in [7, 11) is -0.787. The second-order valence-corrected chi connectivity index (χ2v) is 9.37. The quantitative estimate of drug-likeness (QED) is 0.669. The van der Waals surface area contributed by atoms with Crippen molar-refractivity contribution in [1.29, 1.82) is 0 Å². The first kappa shape index (κ1) is 20.4. The van der Waals surface area contributed by atoms with Gasteiger partial charge in [0, 0.05) is 23.6 Å². The number of nitrogens with zero attached hydrogens (tertiary/aromatic N) is 2. The molecule has 0 bridgehead atoms. The Morgan fingerprint density at radius 3 is 2.44 bits per heavy atom. The van der Waals surface area contributed by atoms with Crippen molar-refractivity contribution in [2.45, 2.75) is 43.7 Å². The second kappa shape index (κ2) is 8.16. The van der Waals surface area contributed by atoms with Gasteiger partial charge in [0.1, 0.15) is 0 Å². The van der Waals surface area contributed by atoms with Crippen LogP contribution in [0, 0.1) is 0 Å². The number of ether oxygens (including phenoxy) is 1. The van der Waals surface area contributed by atoms with Crippen molar-refractivity contribution in [3.05, 3.63) is 28.2 Å². The van der Waals surface area contributed by atoms with Crippen LogP contribution in [-0.4, -0.2) is 62.9 Å². The van der Waals surface area contributed by atoms with E-state index in [1.807, 2.05) is 0 Å². The smallest absolute Gasteiger partial charge is 0.339 e. The van der Waals surface area contributed by atoms with E-state index in [4.69, 9.17) is 4.74 Å². The molecule has 0 radical (unpaired) electrons. The van der Waals surface area contributed by atoms with E-state index in [0.717, 1.165) is 25.9 Å². The van der Waals surface area contributed by atoms with E-state index in [1.165, 1.54) is 23.5 Å². The molecule has 6 nitrogen and oxygen atoms in total. The molecule has 1 fully saturated rings. The maximum absolute atomic E-state index is 13.0. The summed E-state index contributed by atoms with van der Waals surface area (Å²) < 4.78 is 32.6. The fourth-order valence-electron chi connectivity index (χ4n) is 3.06. The molecule has 0 amide bonds. The highest BCUT2D eigenvalue weighted by Crippen LogP contribution is 2.27. The fourth-order valence-corrected chi connectivity index (χ4v) is 4.91. The molecule has 1 aromatic rings. The number of halogens is 1. The highest BCUT2D eigenvalue weighted by molar-refractivity contribution is 9.10. The van der Waals surface area contributed by atoms with Crippen LogP contribution in [0.25, 0.3) is 0 Å². The van der Waals surface area contributed by atoms with Crippen LogP contribution < -0.4 is 0 Å². The first-order valence-electron chi connectivity index (χ1n) is 8.28. The minimum atomic E-state index is -3.67. The molecule has 0 unspecified atom stereocenters. The maximum atomic E-state index is 13.0. The third kappa shape index (κ3) is 4.42. The van der Waals surface area contributed by atoms with Crippen LogP contribution in [0.2, 0.25) is 0 Å². The molecule has 2 rings (SSSR count). The van der Waals surface area contributed by atoms with E-state index in [-0.39, 0.29) is 16.5 Å². The van der Waals surface area contributed by atoms with Gasteiger partial charge in [-0.15, -0.1) is 0 Å². The molecule has 0 aromatic heterocycles. The number of carbonyl (C=O) groups is 1. The number of piperidine rings is 1. The molecule has 0 atom stereocenters. The van der Waals surface area contributed by atoms with E-state index >= 15 is 0 Å². The molecule has 1 aromatic carbocycles. The minimum absolute atomic E-state index is 0.0368. The summed E-state index contributed by atoms with van der Waals surface area (Å²) >= 11 is 3.26. The predicted molar refractivity (Wildman–Crippen MR) is 100 cm³/mol. The van der Waals surface area contributed by atoms with Crippen molar-refractivity contribution in [1.82, 2.24) is 9.21 Å². The number of hydrogen-bond acceptors (Lipinski definition) is 5. The SMILES string of the molecule is COC(=O)c1cc(S(=O)(=O)N(C)C2CCN(C(C)C)CC2)ccc1Br. The van der Waals surface area contributed by atoms with Gasteiger partial charge in [-0.3, -0.25) is 0 Å². The Kier molecular flexibility index (Phi) is 6.64.